The van der Waals surface area contributed by atoms with Crippen molar-refractivity contribution >= 4 is 23.8 Å². The predicted molar refractivity (Wildman–Crippen MR) is 123 cm³/mol. The van der Waals surface area contributed by atoms with Crippen LogP contribution in [0.2, 0.25) is 0 Å². The molecule has 10 heteroatoms. The van der Waals surface area contributed by atoms with E-state index in [1.807, 2.05) is 13.8 Å². The van der Waals surface area contributed by atoms with Crippen molar-refractivity contribution in [2.75, 3.05) is 46.4 Å². The molecule has 0 aromatic heterocycles. The zero-order valence-corrected chi connectivity index (χ0v) is 20.6. The second-order valence-corrected chi connectivity index (χ2v) is 9.66. The molecule has 2 amide bonds. The number of ketones is 2. The Labute approximate surface area is 196 Å². The largest absolute Gasteiger partial charge is 0.445 e. The predicted octanol–water partition coefficient (Wildman–Crippen LogP) is 1.35. The highest BCUT2D eigenvalue weighted by Crippen LogP contribution is 2.26. The number of hydrogen-bond acceptors (Lipinski definition) is 8. The van der Waals surface area contributed by atoms with Gasteiger partial charge in [-0.05, 0) is 39.3 Å². The van der Waals surface area contributed by atoms with Gasteiger partial charge in [0.15, 0.2) is 11.6 Å². The normalized spacial score (nSPS) is 29.2. The number of nitrogens with zero attached hydrogens (tertiary/aromatic N) is 2. The van der Waals surface area contributed by atoms with E-state index < -0.39 is 23.3 Å². The average molecular weight is 467 g/mol. The fraction of sp³-hybridized carbons (Fsp3) is 0.739. The summed E-state index contributed by atoms with van der Waals surface area (Å²) in [4.78, 5) is 53.7. The van der Waals surface area contributed by atoms with Crippen LogP contribution in [0.1, 0.15) is 41.0 Å². The number of carbonyl (C=O) groups is 4. The van der Waals surface area contributed by atoms with E-state index in [1.54, 1.807) is 40.0 Å². The minimum atomic E-state index is -0.983. The lowest BCUT2D eigenvalue weighted by atomic mass is 9.80. The molecule has 0 aromatic rings. The first-order valence-electron chi connectivity index (χ1n) is 11.4. The summed E-state index contributed by atoms with van der Waals surface area (Å²) < 4.78 is 10.4. The van der Waals surface area contributed by atoms with Crippen molar-refractivity contribution in [2.45, 2.75) is 58.2 Å². The molecule has 1 saturated heterocycles. The maximum Gasteiger partial charge on any atom is 0.410 e. The van der Waals surface area contributed by atoms with Gasteiger partial charge in [0.2, 0.25) is 0 Å². The molecule has 2 bridgehead atoms. The monoisotopic (exact) mass is 466 g/mol. The van der Waals surface area contributed by atoms with Crippen LogP contribution in [-0.2, 0) is 19.1 Å². The number of fused-ring (bicyclic) bond motifs is 13. The van der Waals surface area contributed by atoms with Crippen LogP contribution in [0.5, 0.6) is 0 Å². The summed E-state index contributed by atoms with van der Waals surface area (Å²) in [6, 6.07) is 0.0272. The molecule has 3 heterocycles. The van der Waals surface area contributed by atoms with E-state index in [2.05, 4.69) is 10.6 Å². The molecule has 186 valence electrons. The van der Waals surface area contributed by atoms with Crippen molar-refractivity contribution in [3.05, 3.63) is 12.2 Å². The lowest BCUT2D eigenvalue weighted by Gasteiger charge is -2.49. The number of hydrogen-bond donors (Lipinski definition) is 2. The van der Waals surface area contributed by atoms with Gasteiger partial charge in [-0.1, -0.05) is 13.8 Å². The Hall–Kier alpha value is -2.46. The molecule has 0 aromatic carbocycles. The smallest absolute Gasteiger partial charge is 0.410 e. The maximum absolute atomic E-state index is 13.3. The van der Waals surface area contributed by atoms with Crippen LogP contribution >= 0.6 is 0 Å². The molecule has 0 spiro atoms. The SMILES string of the molecule is CC(C)N[C@@]1(C)CCN(C)C(=O)OC/C=C/COC(=O)N2CC(C(=O)C(C)C)(C2)NCC1=O. The highest BCUT2D eigenvalue weighted by atomic mass is 16.6. The molecule has 10 nitrogen and oxygen atoms in total. The van der Waals surface area contributed by atoms with Crippen molar-refractivity contribution in [3.8, 4) is 0 Å². The first-order chi connectivity index (χ1) is 15.4. The lowest BCUT2D eigenvalue weighted by molar-refractivity contribution is -0.136. The van der Waals surface area contributed by atoms with Crippen molar-refractivity contribution in [1.29, 1.82) is 0 Å². The van der Waals surface area contributed by atoms with Crippen LogP contribution in [-0.4, -0.2) is 97.1 Å². The van der Waals surface area contributed by atoms with Crippen molar-refractivity contribution in [3.63, 3.8) is 0 Å². The molecule has 0 aliphatic carbocycles. The summed E-state index contributed by atoms with van der Waals surface area (Å²) in [5.41, 5.74) is -1.91. The summed E-state index contributed by atoms with van der Waals surface area (Å²) in [5.74, 6) is -0.431. The van der Waals surface area contributed by atoms with Gasteiger partial charge >= 0.3 is 12.2 Å². The van der Waals surface area contributed by atoms with E-state index in [-0.39, 0.29) is 56.4 Å². The molecule has 0 radical (unpaired) electrons. The van der Waals surface area contributed by atoms with Crippen LogP contribution < -0.4 is 10.6 Å². The molecule has 33 heavy (non-hydrogen) atoms. The van der Waals surface area contributed by atoms with Crippen LogP contribution in [0.15, 0.2) is 12.2 Å². The second kappa shape index (κ2) is 11.1. The summed E-state index contributed by atoms with van der Waals surface area (Å²) in [6.07, 6.45) is 2.52. The molecule has 1 fully saturated rings. The molecular formula is C23H38N4O6. The van der Waals surface area contributed by atoms with Gasteiger partial charge in [0.05, 0.1) is 25.2 Å². The Morgan fingerprint density at radius 1 is 1.06 bits per heavy atom. The van der Waals surface area contributed by atoms with Gasteiger partial charge in [-0.25, -0.2) is 9.59 Å². The van der Waals surface area contributed by atoms with E-state index in [1.165, 1.54) is 9.80 Å². The Morgan fingerprint density at radius 2 is 1.64 bits per heavy atom. The molecule has 3 rings (SSSR count). The minimum absolute atomic E-state index is 0.0268. The Kier molecular flexibility index (Phi) is 9.02. The highest BCUT2D eigenvalue weighted by Gasteiger charge is 2.52. The van der Waals surface area contributed by atoms with Gasteiger partial charge < -0.3 is 24.6 Å². The summed E-state index contributed by atoms with van der Waals surface area (Å²) >= 11 is 0. The third kappa shape index (κ3) is 6.77. The quantitative estimate of drug-likeness (QED) is 0.596. The zero-order valence-electron chi connectivity index (χ0n) is 20.6. The average Bonchev–Trinajstić information content (AvgIpc) is 2.71. The second-order valence-electron chi connectivity index (χ2n) is 9.66. The van der Waals surface area contributed by atoms with Crippen molar-refractivity contribution < 1.29 is 28.7 Å². The number of carbonyl (C=O) groups excluding carboxylic acids is 4. The number of amides is 2. The fourth-order valence-electron chi connectivity index (χ4n) is 4.07. The van der Waals surface area contributed by atoms with E-state index in [0.29, 0.717) is 13.0 Å². The lowest BCUT2D eigenvalue weighted by Crippen LogP contribution is -2.75. The Bertz CT molecular complexity index is 775. The van der Waals surface area contributed by atoms with Gasteiger partial charge in [0.25, 0.3) is 0 Å². The Balaban J connectivity index is 2.26. The minimum Gasteiger partial charge on any atom is -0.445 e. The van der Waals surface area contributed by atoms with Crippen LogP contribution in [0.25, 0.3) is 0 Å². The van der Waals surface area contributed by atoms with E-state index >= 15 is 0 Å². The summed E-state index contributed by atoms with van der Waals surface area (Å²) in [5, 5.41) is 6.47. The molecule has 1 atom stereocenters. The first kappa shape index (κ1) is 26.8. The number of Topliss-reactive ketones (excluding diaryl/α,β-unsaturated/α-hetero) is 2. The fourth-order valence-corrected chi connectivity index (χ4v) is 4.07. The third-order valence-electron chi connectivity index (χ3n) is 6.02. The van der Waals surface area contributed by atoms with E-state index in [9.17, 15) is 19.2 Å². The number of rotatable bonds is 4. The molecular weight excluding hydrogens is 428 g/mol. The molecule has 2 N–H and O–H groups in total. The first-order valence-corrected chi connectivity index (χ1v) is 11.4. The summed E-state index contributed by atoms with van der Waals surface area (Å²) in [7, 11) is 1.62. The van der Waals surface area contributed by atoms with Crippen LogP contribution in [0.4, 0.5) is 9.59 Å². The molecule has 0 saturated carbocycles. The maximum atomic E-state index is 13.3. The summed E-state index contributed by atoms with van der Waals surface area (Å²) in [6.45, 7) is 9.93. The Morgan fingerprint density at radius 3 is 2.18 bits per heavy atom. The molecule has 3 aliphatic heterocycles. The number of ether oxygens (including phenoxy) is 2. The highest BCUT2D eigenvalue weighted by molar-refractivity contribution is 5.95. The zero-order chi connectivity index (χ0) is 24.8. The van der Waals surface area contributed by atoms with Crippen LogP contribution in [0.3, 0.4) is 0 Å². The van der Waals surface area contributed by atoms with Gasteiger partial charge in [-0.3, -0.25) is 14.9 Å². The van der Waals surface area contributed by atoms with Crippen LogP contribution in [0, 0.1) is 5.92 Å². The van der Waals surface area contributed by atoms with Gasteiger partial charge in [-0.2, -0.15) is 0 Å². The topological polar surface area (TPSA) is 117 Å². The number of nitrogens with one attached hydrogen (secondary N) is 2. The van der Waals surface area contributed by atoms with Gasteiger partial charge in [0.1, 0.15) is 18.8 Å². The molecule has 3 aliphatic rings. The van der Waals surface area contributed by atoms with Crippen molar-refractivity contribution in [2.24, 2.45) is 5.92 Å². The van der Waals surface area contributed by atoms with E-state index in [4.69, 9.17) is 9.47 Å². The van der Waals surface area contributed by atoms with Crippen molar-refractivity contribution in [1.82, 2.24) is 20.4 Å². The van der Waals surface area contributed by atoms with Gasteiger partial charge in [0, 0.05) is 25.6 Å². The molecule has 0 unspecified atom stereocenters. The standard InChI is InChI=1S/C23H38N4O6/c1-16(2)19(29)23-14-27(15-23)21(31)33-12-8-7-11-32-20(30)26(6)10-9-22(5,25-17(3)4)18(28)13-24-23/h7-8,16-17,24-25H,9-15H2,1-6H3/b8-7+/t22-/m0/s1. The van der Waals surface area contributed by atoms with E-state index in [0.717, 1.165) is 0 Å². The van der Waals surface area contributed by atoms with Gasteiger partial charge in [-0.15, -0.1) is 0 Å². The third-order valence-corrected chi connectivity index (χ3v) is 6.02.